The molecular weight excluding hydrogens is 406 g/mol. The van der Waals surface area contributed by atoms with E-state index in [1.165, 1.54) is 105 Å². The predicted molar refractivity (Wildman–Crippen MR) is 142 cm³/mol. The van der Waals surface area contributed by atoms with E-state index in [4.69, 9.17) is 4.98 Å². The monoisotopic (exact) mass is 447 g/mol. The highest BCUT2D eigenvalue weighted by molar-refractivity contribution is 7.21. The number of nitrogens with zero attached hydrogens (tertiary/aromatic N) is 1. The SMILES string of the molecule is CCCCCCc1ccc2nc(-c3ccc(C4CCC(CCCCC)CC4)cc3)sc2c1. The van der Waals surface area contributed by atoms with Gasteiger partial charge >= 0.3 is 0 Å². The molecule has 1 nitrogen and oxygen atoms in total. The Morgan fingerprint density at radius 2 is 1.56 bits per heavy atom. The molecule has 0 amide bonds. The van der Waals surface area contributed by atoms with Gasteiger partial charge in [-0.1, -0.05) is 89.1 Å². The average molecular weight is 448 g/mol. The van der Waals surface area contributed by atoms with Gasteiger partial charge in [0.1, 0.15) is 5.01 Å². The molecule has 1 aliphatic rings. The van der Waals surface area contributed by atoms with Gasteiger partial charge in [0, 0.05) is 5.56 Å². The second-order valence-corrected chi connectivity index (χ2v) is 11.0. The minimum atomic E-state index is 0.761. The van der Waals surface area contributed by atoms with Crippen molar-refractivity contribution < 1.29 is 0 Å². The fourth-order valence-corrected chi connectivity index (χ4v) is 6.40. The first-order valence-electron chi connectivity index (χ1n) is 13.3. The number of hydrogen-bond donors (Lipinski definition) is 0. The van der Waals surface area contributed by atoms with Gasteiger partial charge in [0.15, 0.2) is 0 Å². The van der Waals surface area contributed by atoms with Gasteiger partial charge in [-0.2, -0.15) is 0 Å². The average Bonchev–Trinajstić information content (AvgIpc) is 3.26. The van der Waals surface area contributed by atoms with Crippen LogP contribution in [0.1, 0.15) is 108 Å². The maximum Gasteiger partial charge on any atom is 0.124 e. The van der Waals surface area contributed by atoms with E-state index in [2.05, 4.69) is 56.3 Å². The Balaban J connectivity index is 1.35. The molecule has 2 heteroatoms. The van der Waals surface area contributed by atoms with Crippen molar-refractivity contribution in [3.8, 4) is 10.6 Å². The number of unbranched alkanes of at least 4 members (excludes halogenated alkanes) is 5. The minimum Gasteiger partial charge on any atom is -0.236 e. The molecule has 32 heavy (non-hydrogen) atoms. The van der Waals surface area contributed by atoms with Gasteiger partial charge in [-0.05, 0) is 73.6 Å². The molecule has 1 heterocycles. The fourth-order valence-electron chi connectivity index (χ4n) is 5.37. The first-order valence-corrected chi connectivity index (χ1v) is 14.1. The lowest BCUT2D eigenvalue weighted by molar-refractivity contribution is 0.303. The van der Waals surface area contributed by atoms with E-state index >= 15 is 0 Å². The third kappa shape index (κ3) is 6.22. The summed E-state index contributed by atoms with van der Waals surface area (Å²) in [7, 11) is 0. The third-order valence-electron chi connectivity index (χ3n) is 7.46. The lowest BCUT2D eigenvalue weighted by atomic mass is 9.77. The summed E-state index contributed by atoms with van der Waals surface area (Å²) < 4.78 is 1.33. The van der Waals surface area contributed by atoms with Crippen molar-refractivity contribution >= 4 is 21.6 Å². The topological polar surface area (TPSA) is 12.9 Å². The van der Waals surface area contributed by atoms with E-state index in [0.717, 1.165) is 22.4 Å². The highest BCUT2D eigenvalue weighted by Gasteiger charge is 2.22. The molecule has 2 aromatic carbocycles. The van der Waals surface area contributed by atoms with Crippen LogP contribution in [0.2, 0.25) is 0 Å². The van der Waals surface area contributed by atoms with Gasteiger partial charge in [0.05, 0.1) is 10.2 Å². The standard InChI is InChI=1S/C30H41NS/c1-3-5-7-9-11-24-14-21-28-29(22-24)32-30(31-28)27-19-17-26(18-20-27)25-15-12-23(13-16-25)10-8-6-4-2/h14,17-23,25H,3-13,15-16H2,1-2H3. The summed E-state index contributed by atoms with van der Waals surface area (Å²) in [6.07, 6.45) is 17.7. The lowest BCUT2D eigenvalue weighted by Gasteiger charge is -2.29. The second kappa shape index (κ2) is 12.0. The summed E-state index contributed by atoms with van der Waals surface area (Å²) in [5.41, 5.74) is 5.42. The van der Waals surface area contributed by atoms with E-state index in [9.17, 15) is 0 Å². The summed E-state index contributed by atoms with van der Waals surface area (Å²) >= 11 is 1.85. The summed E-state index contributed by atoms with van der Waals surface area (Å²) in [4.78, 5) is 4.94. The van der Waals surface area contributed by atoms with Crippen molar-refractivity contribution in [2.75, 3.05) is 0 Å². The molecule has 1 aromatic heterocycles. The van der Waals surface area contributed by atoms with Crippen LogP contribution in [0.5, 0.6) is 0 Å². The predicted octanol–water partition coefficient (Wildman–Crippen LogP) is 9.94. The van der Waals surface area contributed by atoms with Crippen molar-refractivity contribution in [2.24, 2.45) is 5.92 Å². The Kier molecular flexibility index (Phi) is 8.79. The maximum atomic E-state index is 4.94. The second-order valence-electron chi connectivity index (χ2n) is 9.97. The van der Waals surface area contributed by atoms with E-state index in [1.807, 2.05) is 11.3 Å². The van der Waals surface area contributed by atoms with E-state index in [1.54, 1.807) is 0 Å². The van der Waals surface area contributed by atoms with Crippen LogP contribution in [-0.2, 0) is 6.42 Å². The molecule has 0 spiro atoms. The highest BCUT2D eigenvalue weighted by Crippen LogP contribution is 2.39. The maximum absolute atomic E-state index is 4.94. The molecule has 3 aromatic rings. The zero-order chi connectivity index (χ0) is 22.2. The lowest BCUT2D eigenvalue weighted by Crippen LogP contribution is -2.13. The molecule has 4 rings (SSSR count). The summed E-state index contributed by atoms with van der Waals surface area (Å²) in [5, 5.41) is 1.16. The molecule has 1 aliphatic carbocycles. The molecule has 0 aliphatic heterocycles. The van der Waals surface area contributed by atoms with Crippen LogP contribution in [0.25, 0.3) is 20.8 Å². The van der Waals surface area contributed by atoms with Crippen LogP contribution in [0.15, 0.2) is 42.5 Å². The molecule has 1 saturated carbocycles. The molecular formula is C30H41NS. The third-order valence-corrected chi connectivity index (χ3v) is 8.53. The zero-order valence-electron chi connectivity index (χ0n) is 20.2. The number of thiazole rings is 1. The van der Waals surface area contributed by atoms with E-state index in [-0.39, 0.29) is 0 Å². The van der Waals surface area contributed by atoms with E-state index in [0.29, 0.717) is 0 Å². The summed E-state index contributed by atoms with van der Waals surface area (Å²) in [5.74, 6) is 1.74. The molecule has 0 saturated heterocycles. The van der Waals surface area contributed by atoms with Gasteiger partial charge in [0.25, 0.3) is 0 Å². The van der Waals surface area contributed by atoms with Crippen LogP contribution in [0.3, 0.4) is 0 Å². The van der Waals surface area contributed by atoms with E-state index < -0.39 is 0 Å². The van der Waals surface area contributed by atoms with Crippen LogP contribution < -0.4 is 0 Å². The molecule has 0 atom stereocenters. The molecule has 0 N–H and O–H groups in total. The quantitative estimate of drug-likeness (QED) is 0.266. The van der Waals surface area contributed by atoms with Crippen LogP contribution in [-0.4, -0.2) is 4.98 Å². The largest absolute Gasteiger partial charge is 0.236 e. The van der Waals surface area contributed by atoms with Crippen molar-refractivity contribution in [1.29, 1.82) is 0 Å². The Morgan fingerprint density at radius 1 is 0.812 bits per heavy atom. The van der Waals surface area contributed by atoms with Crippen LogP contribution in [0, 0.1) is 5.92 Å². The highest BCUT2D eigenvalue weighted by atomic mass is 32.1. The Labute approximate surface area is 199 Å². The number of aryl methyl sites for hydroxylation is 1. The van der Waals surface area contributed by atoms with Crippen molar-refractivity contribution in [3.63, 3.8) is 0 Å². The Hall–Kier alpha value is -1.67. The molecule has 1 fully saturated rings. The summed E-state index contributed by atoms with van der Waals surface area (Å²) in [6, 6.07) is 16.2. The van der Waals surface area contributed by atoms with Gasteiger partial charge in [0.2, 0.25) is 0 Å². The Bertz CT molecular complexity index is 947. The molecule has 0 unspecified atom stereocenters. The van der Waals surface area contributed by atoms with Crippen molar-refractivity contribution in [2.45, 2.75) is 103 Å². The first-order chi connectivity index (χ1) is 15.8. The molecule has 0 bridgehead atoms. The van der Waals surface area contributed by atoms with Crippen molar-refractivity contribution in [3.05, 3.63) is 53.6 Å². The molecule has 172 valence electrons. The van der Waals surface area contributed by atoms with Crippen LogP contribution in [0.4, 0.5) is 0 Å². The number of hydrogen-bond acceptors (Lipinski definition) is 2. The smallest absolute Gasteiger partial charge is 0.124 e. The van der Waals surface area contributed by atoms with Crippen LogP contribution >= 0.6 is 11.3 Å². The summed E-state index contributed by atoms with van der Waals surface area (Å²) in [6.45, 7) is 4.58. The number of aromatic nitrogens is 1. The first kappa shape index (κ1) is 23.5. The van der Waals surface area contributed by atoms with Crippen molar-refractivity contribution in [1.82, 2.24) is 4.98 Å². The zero-order valence-corrected chi connectivity index (χ0v) is 21.1. The Morgan fingerprint density at radius 3 is 2.31 bits per heavy atom. The van der Waals surface area contributed by atoms with Gasteiger partial charge in [-0.25, -0.2) is 4.98 Å². The number of fused-ring (bicyclic) bond motifs is 1. The van der Waals surface area contributed by atoms with Gasteiger partial charge in [-0.15, -0.1) is 11.3 Å². The molecule has 0 radical (unpaired) electrons. The minimum absolute atomic E-state index is 0.761. The number of benzene rings is 2. The van der Waals surface area contributed by atoms with Gasteiger partial charge < -0.3 is 0 Å². The normalized spacial score (nSPS) is 18.9. The van der Waals surface area contributed by atoms with Gasteiger partial charge in [-0.3, -0.25) is 0 Å². The fraction of sp³-hybridized carbons (Fsp3) is 0.567. The number of rotatable bonds is 11.